The van der Waals surface area contributed by atoms with Crippen LogP contribution in [0.2, 0.25) is 0 Å². The second-order valence-electron chi connectivity index (χ2n) is 6.53. The summed E-state index contributed by atoms with van der Waals surface area (Å²) in [6, 6.07) is 4.49. The number of benzene rings is 1. The molecule has 156 valence electrons. The van der Waals surface area contributed by atoms with Crippen LogP contribution >= 0.6 is 0 Å². The van der Waals surface area contributed by atoms with Gasteiger partial charge in [-0.25, -0.2) is 12.7 Å². The van der Waals surface area contributed by atoms with Gasteiger partial charge in [0.1, 0.15) is 6.54 Å². The Hall–Kier alpha value is -2.17. The van der Waals surface area contributed by atoms with Gasteiger partial charge in [0.2, 0.25) is 10.0 Å². The number of rotatable bonds is 7. The molecule has 9 nitrogen and oxygen atoms in total. The molecule has 0 saturated carbocycles. The van der Waals surface area contributed by atoms with E-state index in [4.69, 9.17) is 9.47 Å². The van der Waals surface area contributed by atoms with Crippen molar-refractivity contribution in [3.8, 4) is 0 Å². The number of carbonyl (C=O) groups is 2. The van der Waals surface area contributed by atoms with E-state index in [9.17, 15) is 18.0 Å². The Kier molecular flexibility index (Phi) is 7.39. The average Bonchev–Trinajstić information content (AvgIpc) is 2.67. The molecule has 0 radical (unpaired) electrons. The molecule has 0 atom stereocenters. The normalized spacial score (nSPS) is 14.8. The summed E-state index contributed by atoms with van der Waals surface area (Å²) in [5, 5.41) is 0. The minimum Gasteiger partial charge on any atom is -0.465 e. The smallest absolute Gasteiger partial charge is 0.325 e. The van der Waals surface area contributed by atoms with E-state index in [1.165, 1.54) is 38.2 Å². The fourth-order valence-corrected chi connectivity index (χ4v) is 3.74. The molecule has 28 heavy (non-hydrogen) atoms. The highest BCUT2D eigenvalue weighted by Crippen LogP contribution is 2.27. The van der Waals surface area contributed by atoms with Crippen LogP contribution in [-0.4, -0.2) is 90.1 Å². The molecular formula is C18H27N3O6S. The van der Waals surface area contributed by atoms with E-state index in [1.54, 1.807) is 13.0 Å². The van der Waals surface area contributed by atoms with Crippen LogP contribution in [0.1, 0.15) is 17.3 Å². The molecule has 0 spiro atoms. The van der Waals surface area contributed by atoms with Crippen LogP contribution in [0.5, 0.6) is 0 Å². The molecule has 0 unspecified atom stereocenters. The Morgan fingerprint density at radius 2 is 1.82 bits per heavy atom. The van der Waals surface area contributed by atoms with E-state index in [1.807, 2.05) is 4.90 Å². The number of ether oxygens (including phenoxy) is 2. The minimum atomic E-state index is -3.71. The Morgan fingerprint density at radius 3 is 2.39 bits per heavy atom. The fraction of sp³-hybridized carbons (Fsp3) is 0.556. The summed E-state index contributed by atoms with van der Waals surface area (Å²) in [6.07, 6.45) is 0. The lowest BCUT2D eigenvalue weighted by Gasteiger charge is -2.31. The summed E-state index contributed by atoms with van der Waals surface area (Å²) in [5.41, 5.74) is 0.832. The average molecular weight is 413 g/mol. The summed E-state index contributed by atoms with van der Waals surface area (Å²) in [6.45, 7) is 3.89. The first-order chi connectivity index (χ1) is 13.2. The van der Waals surface area contributed by atoms with Gasteiger partial charge in [-0.2, -0.15) is 0 Å². The molecule has 0 aromatic heterocycles. The zero-order valence-corrected chi connectivity index (χ0v) is 17.5. The third-order valence-corrected chi connectivity index (χ3v) is 6.16. The van der Waals surface area contributed by atoms with E-state index in [-0.39, 0.29) is 23.6 Å². The lowest BCUT2D eigenvalue weighted by molar-refractivity contribution is -0.143. The van der Waals surface area contributed by atoms with Gasteiger partial charge in [-0.05, 0) is 25.1 Å². The number of likely N-dealkylation sites (N-methyl/N-ethyl adjacent to an activating group) is 1. The molecule has 1 aromatic carbocycles. The molecule has 1 aliphatic heterocycles. The van der Waals surface area contributed by atoms with E-state index in [0.29, 0.717) is 32.0 Å². The first-order valence-corrected chi connectivity index (χ1v) is 10.4. The first-order valence-electron chi connectivity index (χ1n) is 8.98. The van der Waals surface area contributed by atoms with Crippen LogP contribution in [-0.2, 0) is 24.3 Å². The number of hydrogen-bond acceptors (Lipinski definition) is 7. The maximum atomic E-state index is 13.0. The van der Waals surface area contributed by atoms with Gasteiger partial charge in [0.15, 0.2) is 0 Å². The van der Waals surface area contributed by atoms with Crippen LogP contribution < -0.4 is 4.90 Å². The minimum absolute atomic E-state index is 0.0161. The summed E-state index contributed by atoms with van der Waals surface area (Å²) in [7, 11) is 0.632. The van der Waals surface area contributed by atoms with Crippen molar-refractivity contribution in [2.75, 3.05) is 65.5 Å². The highest BCUT2D eigenvalue weighted by atomic mass is 32.2. The van der Waals surface area contributed by atoms with Crippen molar-refractivity contribution in [2.24, 2.45) is 0 Å². The lowest BCUT2D eigenvalue weighted by atomic mass is 10.1. The maximum Gasteiger partial charge on any atom is 0.325 e. The van der Waals surface area contributed by atoms with Gasteiger partial charge < -0.3 is 19.3 Å². The molecule has 0 aliphatic carbocycles. The van der Waals surface area contributed by atoms with Crippen LogP contribution in [0, 0.1) is 0 Å². The van der Waals surface area contributed by atoms with Crippen LogP contribution in [0.25, 0.3) is 0 Å². The van der Waals surface area contributed by atoms with Gasteiger partial charge in [0.05, 0.1) is 30.3 Å². The van der Waals surface area contributed by atoms with Crippen molar-refractivity contribution in [2.45, 2.75) is 11.8 Å². The highest BCUT2D eigenvalue weighted by molar-refractivity contribution is 7.89. The molecular weight excluding hydrogens is 386 g/mol. The Bertz CT molecular complexity index is 819. The van der Waals surface area contributed by atoms with Crippen LogP contribution in [0.15, 0.2) is 23.1 Å². The monoisotopic (exact) mass is 413 g/mol. The van der Waals surface area contributed by atoms with E-state index in [0.717, 1.165) is 4.31 Å². The van der Waals surface area contributed by atoms with Crippen molar-refractivity contribution in [3.05, 3.63) is 23.8 Å². The van der Waals surface area contributed by atoms with Gasteiger partial charge in [0.25, 0.3) is 5.91 Å². The quantitative estimate of drug-likeness (QED) is 0.597. The van der Waals surface area contributed by atoms with Crippen molar-refractivity contribution in [1.82, 2.24) is 9.21 Å². The zero-order chi connectivity index (χ0) is 20.9. The van der Waals surface area contributed by atoms with Crippen molar-refractivity contribution in [1.29, 1.82) is 0 Å². The SMILES string of the molecule is CCOC(=O)CN(C)C(=O)c1cc(S(=O)(=O)N(C)C)ccc1N1CCOCC1. The molecule has 0 N–H and O–H groups in total. The first kappa shape index (κ1) is 22.1. The molecule has 1 amide bonds. The molecule has 0 bridgehead atoms. The largest absolute Gasteiger partial charge is 0.465 e. The van der Waals surface area contributed by atoms with Gasteiger partial charge in [-0.1, -0.05) is 0 Å². The summed E-state index contributed by atoms with van der Waals surface area (Å²) in [5.74, 6) is -0.978. The van der Waals surface area contributed by atoms with Gasteiger partial charge in [-0.15, -0.1) is 0 Å². The Morgan fingerprint density at radius 1 is 1.18 bits per heavy atom. The maximum absolute atomic E-state index is 13.0. The second kappa shape index (κ2) is 9.35. The standard InChI is InChI=1S/C18H27N3O6S/c1-5-27-17(22)13-20(4)18(23)15-12-14(28(24,25)19(2)3)6-7-16(15)21-8-10-26-11-9-21/h6-7,12H,5,8-11,13H2,1-4H3. The van der Waals surface area contributed by atoms with Gasteiger partial charge >= 0.3 is 5.97 Å². The van der Waals surface area contributed by atoms with Crippen molar-refractivity contribution in [3.63, 3.8) is 0 Å². The van der Waals surface area contributed by atoms with Crippen LogP contribution in [0.4, 0.5) is 5.69 Å². The number of amides is 1. The molecule has 10 heteroatoms. The topological polar surface area (TPSA) is 96.5 Å². The third-order valence-electron chi connectivity index (χ3n) is 4.35. The van der Waals surface area contributed by atoms with Crippen molar-refractivity contribution < 1.29 is 27.5 Å². The number of anilines is 1. The third kappa shape index (κ3) is 5.00. The number of hydrogen-bond donors (Lipinski definition) is 0. The molecule has 1 saturated heterocycles. The molecule has 2 rings (SSSR count). The number of nitrogens with zero attached hydrogens (tertiary/aromatic N) is 3. The number of morpholine rings is 1. The number of esters is 1. The summed E-state index contributed by atoms with van der Waals surface area (Å²) < 4.78 is 36.4. The van der Waals surface area contributed by atoms with Crippen molar-refractivity contribution >= 4 is 27.6 Å². The molecule has 1 heterocycles. The van der Waals surface area contributed by atoms with E-state index < -0.39 is 21.9 Å². The molecule has 1 fully saturated rings. The van der Waals surface area contributed by atoms with E-state index in [2.05, 4.69) is 0 Å². The second-order valence-corrected chi connectivity index (χ2v) is 8.68. The predicted molar refractivity (Wildman–Crippen MR) is 104 cm³/mol. The molecule has 1 aliphatic rings. The number of carbonyl (C=O) groups excluding carboxylic acids is 2. The van der Waals surface area contributed by atoms with E-state index >= 15 is 0 Å². The fourth-order valence-electron chi connectivity index (χ4n) is 2.82. The molecule has 1 aromatic rings. The summed E-state index contributed by atoms with van der Waals surface area (Å²) in [4.78, 5) is 28.0. The van der Waals surface area contributed by atoms with Gasteiger partial charge in [0, 0.05) is 39.9 Å². The van der Waals surface area contributed by atoms with Gasteiger partial charge in [-0.3, -0.25) is 9.59 Å². The lowest BCUT2D eigenvalue weighted by Crippen LogP contribution is -2.39. The zero-order valence-electron chi connectivity index (χ0n) is 16.7. The Labute approximate surface area is 165 Å². The predicted octanol–water partition coefficient (Wildman–Crippen LogP) is 0.409. The van der Waals surface area contributed by atoms with Crippen LogP contribution in [0.3, 0.4) is 0 Å². The summed E-state index contributed by atoms with van der Waals surface area (Å²) >= 11 is 0. The number of sulfonamides is 1. The Balaban J connectivity index is 2.44. The highest BCUT2D eigenvalue weighted by Gasteiger charge is 2.26.